The summed E-state index contributed by atoms with van der Waals surface area (Å²) in [6, 6.07) is 7.81. The van der Waals surface area contributed by atoms with Crippen LogP contribution in [-0.4, -0.2) is 22.7 Å². The molecule has 0 aliphatic heterocycles. The molecule has 0 saturated heterocycles. The van der Waals surface area contributed by atoms with Crippen LogP contribution < -0.4 is 5.32 Å². The molecule has 1 fully saturated rings. The van der Waals surface area contributed by atoms with Gasteiger partial charge in [0.05, 0.1) is 22.0 Å². The Kier molecular flexibility index (Phi) is 6.88. The molecule has 3 atom stereocenters. The van der Waals surface area contributed by atoms with Crippen molar-refractivity contribution in [1.82, 2.24) is 10.3 Å². The lowest BCUT2D eigenvalue weighted by molar-refractivity contribution is -0.119. The Hall–Kier alpha value is -1.46. The van der Waals surface area contributed by atoms with Gasteiger partial charge in [0.15, 0.2) is 0 Å². The number of halogens is 1. The number of benzene rings is 1. The highest BCUT2D eigenvalue weighted by molar-refractivity contribution is 7.99. The van der Waals surface area contributed by atoms with E-state index in [-0.39, 0.29) is 5.91 Å². The maximum Gasteiger partial charge on any atom is 0.230 e. The third-order valence-electron chi connectivity index (χ3n) is 5.52. The first-order valence-electron chi connectivity index (χ1n) is 9.54. The molecule has 27 heavy (non-hydrogen) atoms. The van der Waals surface area contributed by atoms with Crippen molar-refractivity contribution in [3.63, 3.8) is 0 Å². The summed E-state index contributed by atoms with van der Waals surface area (Å²) in [7, 11) is 0. The number of rotatable bonds is 6. The zero-order valence-electron chi connectivity index (χ0n) is 16.1. The SMILES string of the molecule is Cc1oc(-c2ccccc2Cl)nc1CSCC(=O)N[C@@H]1CCC[C@@H](C)[C@@H]1C. The maximum absolute atomic E-state index is 12.3. The van der Waals surface area contributed by atoms with Crippen molar-refractivity contribution in [1.29, 1.82) is 0 Å². The summed E-state index contributed by atoms with van der Waals surface area (Å²) in [5, 5.41) is 3.84. The van der Waals surface area contributed by atoms with E-state index in [1.54, 1.807) is 11.8 Å². The van der Waals surface area contributed by atoms with Gasteiger partial charge in [-0.1, -0.05) is 50.4 Å². The number of aromatic nitrogens is 1. The van der Waals surface area contributed by atoms with Crippen LogP contribution in [-0.2, 0) is 10.5 Å². The molecule has 1 aliphatic rings. The minimum atomic E-state index is 0.110. The van der Waals surface area contributed by atoms with Gasteiger partial charge < -0.3 is 9.73 Å². The molecule has 0 spiro atoms. The molecule has 1 aromatic heterocycles. The van der Waals surface area contributed by atoms with E-state index >= 15 is 0 Å². The molecule has 1 saturated carbocycles. The van der Waals surface area contributed by atoms with Gasteiger partial charge in [0, 0.05) is 11.8 Å². The van der Waals surface area contributed by atoms with Crippen LogP contribution in [0.25, 0.3) is 11.5 Å². The number of hydrogen-bond acceptors (Lipinski definition) is 4. The van der Waals surface area contributed by atoms with Gasteiger partial charge in [-0.2, -0.15) is 0 Å². The van der Waals surface area contributed by atoms with Crippen LogP contribution in [0, 0.1) is 18.8 Å². The summed E-state index contributed by atoms with van der Waals surface area (Å²) in [5.74, 6) is 3.71. The minimum Gasteiger partial charge on any atom is -0.441 e. The van der Waals surface area contributed by atoms with E-state index in [0.717, 1.165) is 23.4 Å². The van der Waals surface area contributed by atoms with E-state index in [1.165, 1.54) is 12.8 Å². The van der Waals surface area contributed by atoms with E-state index in [9.17, 15) is 4.79 Å². The molecular weight excluding hydrogens is 380 g/mol. The lowest BCUT2D eigenvalue weighted by Gasteiger charge is -2.34. The Balaban J connectivity index is 1.52. The number of nitrogens with zero attached hydrogens (tertiary/aromatic N) is 1. The Bertz CT molecular complexity index is 792. The predicted molar refractivity (Wildman–Crippen MR) is 112 cm³/mol. The molecule has 4 nitrogen and oxygen atoms in total. The van der Waals surface area contributed by atoms with Crippen molar-refractivity contribution in [2.45, 2.75) is 51.8 Å². The monoisotopic (exact) mass is 406 g/mol. The molecule has 2 aromatic rings. The Morgan fingerprint density at radius 2 is 2.11 bits per heavy atom. The number of aryl methyl sites for hydroxylation is 1. The first-order chi connectivity index (χ1) is 13.0. The molecule has 0 bridgehead atoms. The standard InChI is InChI=1S/C21H27ClN2O2S/c1-13-7-6-10-18(14(13)2)23-20(25)12-27-11-19-15(3)26-21(24-19)16-8-4-5-9-17(16)22/h4-5,8-9,13-14,18H,6-7,10-12H2,1-3H3,(H,23,25)/t13-,14+,18-/m1/s1. The van der Waals surface area contributed by atoms with Crippen LogP contribution >= 0.6 is 23.4 Å². The second kappa shape index (κ2) is 9.16. The number of nitrogens with one attached hydrogen (secondary N) is 1. The smallest absolute Gasteiger partial charge is 0.230 e. The van der Waals surface area contributed by atoms with Gasteiger partial charge in [0.1, 0.15) is 5.76 Å². The fourth-order valence-electron chi connectivity index (χ4n) is 3.59. The molecular formula is C21H27ClN2O2S. The van der Waals surface area contributed by atoms with Crippen LogP contribution in [0.5, 0.6) is 0 Å². The van der Waals surface area contributed by atoms with E-state index < -0.39 is 0 Å². The summed E-state index contributed by atoms with van der Waals surface area (Å²) in [6.07, 6.45) is 3.56. The summed E-state index contributed by atoms with van der Waals surface area (Å²) in [6.45, 7) is 6.42. The van der Waals surface area contributed by atoms with Gasteiger partial charge >= 0.3 is 0 Å². The van der Waals surface area contributed by atoms with Crippen LogP contribution in [0.15, 0.2) is 28.7 Å². The molecule has 6 heteroatoms. The molecule has 1 aliphatic carbocycles. The second-order valence-electron chi connectivity index (χ2n) is 7.44. The van der Waals surface area contributed by atoms with Crippen LogP contribution in [0.1, 0.15) is 44.6 Å². The van der Waals surface area contributed by atoms with E-state index in [1.807, 2.05) is 31.2 Å². The number of hydrogen-bond donors (Lipinski definition) is 1. The third-order valence-corrected chi connectivity index (χ3v) is 6.80. The molecule has 1 aromatic carbocycles. The van der Waals surface area contributed by atoms with Gasteiger partial charge in [0.2, 0.25) is 11.8 Å². The minimum absolute atomic E-state index is 0.110. The van der Waals surface area contributed by atoms with Crippen LogP contribution in [0.3, 0.4) is 0 Å². The quantitative estimate of drug-likeness (QED) is 0.690. The van der Waals surface area contributed by atoms with Gasteiger partial charge in [-0.05, 0) is 37.3 Å². The highest BCUT2D eigenvalue weighted by atomic mass is 35.5. The summed E-state index contributed by atoms with van der Waals surface area (Å²) < 4.78 is 5.78. The fourth-order valence-corrected chi connectivity index (χ4v) is 4.63. The Labute approximate surface area is 170 Å². The van der Waals surface area contributed by atoms with Crippen LogP contribution in [0.2, 0.25) is 5.02 Å². The average Bonchev–Trinajstić information content (AvgIpc) is 3.00. The number of oxazole rings is 1. The Morgan fingerprint density at radius 1 is 1.33 bits per heavy atom. The topological polar surface area (TPSA) is 55.1 Å². The number of amides is 1. The molecule has 3 rings (SSSR count). The summed E-state index contributed by atoms with van der Waals surface area (Å²) in [4.78, 5) is 16.9. The zero-order chi connectivity index (χ0) is 19.4. The lowest BCUT2D eigenvalue weighted by Crippen LogP contribution is -2.44. The molecule has 1 heterocycles. The zero-order valence-corrected chi connectivity index (χ0v) is 17.7. The van der Waals surface area contributed by atoms with Crippen molar-refractivity contribution < 1.29 is 9.21 Å². The molecule has 0 unspecified atom stereocenters. The van der Waals surface area contributed by atoms with Gasteiger partial charge in [-0.15, -0.1) is 11.8 Å². The highest BCUT2D eigenvalue weighted by Gasteiger charge is 2.28. The summed E-state index contributed by atoms with van der Waals surface area (Å²) in [5.41, 5.74) is 1.65. The van der Waals surface area contributed by atoms with Crippen molar-refractivity contribution >= 4 is 29.3 Å². The number of thioether (sulfide) groups is 1. The Morgan fingerprint density at radius 3 is 2.89 bits per heavy atom. The van der Waals surface area contributed by atoms with E-state index in [0.29, 0.717) is 40.3 Å². The molecule has 0 radical (unpaired) electrons. The van der Waals surface area contributed by atoms with E-state index in [4.69, 9.17) is 16.0 Å². The number of carbonyl (C=O) groups is 1. The fraction of sp³-hybridized carbons (Fsp3) is 0.524. The van der Waals surface area contributed by atoms with Crippen molar-refractivity contribution in [3.8, 4) is 11.5 Å². The second-order valence-corrected chi connectivity index (χ2v) is 8.83. The van der Waals surface area contributed by atoms with Gasteiger partial charge in [-0.3, -0.25) is 4.79 Å². The maximum atomic E-state index is 12.3. The summed E-state index contributed by atoms with van der Waals surface area (Å²) >= 11 is 7.79. The predicted octanol–water partition coefficient (Wildman–Crippen LogP) is 5.48. The first kappa shape index (κ1) is 20.3. The normalized spacial score (nSPS) is 22.6. The molecule has 1 amide bonds. The first-order valence-corrected chi connectivity index (χ1v) is 11.1. The van der Waals surface area contributed by atoms with Crippen molar-refractivity contribution in [2.75, 3.05) is 5.75 Å². The van der Waals surface area contributed by atoms with Gasteiger partial charge in [-0.25, -0.2) is 4.98 Å². The molecule has 146 valence electrons. The van der Waals surface area contributed by atoms with Crippen LogP contribution in [0.4, 0.5) is 0 Å². The lowest BCUT2D eigenvalue weighted by atomic mass is 9.78. The van der Waals surface area contributed by atoms with Crippen molar-refractivity contribution in [3.05, 3.63) is 40.7 Å². The number of carbonyl (C=O) groups excluding carboxylic acids is 1. The van der Waals surface area contributed by atoms with Crippen molar-refractivity contribution in [2.24, 2.45) is 11.8 Å². The third kappa shape index (κ3) is 5.08. The van der Waals surface area contributed by atoms with Gasteiger partial charge in [0.25, 0.3) is 0 Å². The largest absolute Gasteiger partial charge is 0.441 e. The average molecular weight is 407 g/mol. The molecule has 1 N–H and O–H groups in total. The van der Waals surface area contributed by atoms with E-state index in [2.05, 4.69) is 24.1 Å². The highest BCUT2D eigenvalue weighted by Crippen LogP contribution is 2.30.